The first kappa shape index (κ1) is 27.3. The minimum Gasteiger partial charge on any atom is -0.497 e. The smallest absolute Gasteiger partial charge is 0.306 e. The fourth-order valence-corrected chi connectivity index (χ4v) is 4.42. The summed E-state index contributed by atoms with van der Waals surface area (Å²) >= 11 is 0. The molecule has 0 N–H and O–H groups in total. The predicted molar refractivity (Wildman–Crippen MR) is 142 cm³/mol. The summed E-state index contributed by atoms with van der Waals surface area (Å²) < 4.78 is 31.2. The second kappa shape index (κ2) is 12.1. The maximum atomic E-state index is 14.9. The Morgan fingerprint density at radius 2 is 1.61 bits per heavy atom. The fourth-order valence-electron chi connectivity index (χ4n) is 4.42. The average Bonchev–Trinajstić information content (AvgIpc) is 2.87. The Morgan fingerprint density at radius 3 is 2.22 bits per heavy atom. The van der Waals surface area contributed by atoms with E-state index < -0.39 is 0 Å². The van der Waals surface area contributed by atoms with Gasteiger partial charge in [-0.15, -0.1) is 0 Å². The molecule has 1 unspecified atom stereocenters. The highest BCUT2D eigenvalue weighted by molar-refractivity contribution is 5.72. The van der Waals surface area contributed by atoms with Crippen LogP contribution in [0.15, 0.2) is 60.7 Å². The number of carbonyl (C=O) groups excluding carboxylic acids is 1. The van der Waals surface area contributed by atoms with Crippen molar-refractivity contribution in [2.75, 3.05) is 14.2 Å². The van der Waals surface area contributed by atoms with E-state index in [2.05, 4.69) is 33.8 Å². The maximum absolute atomic E-state index is 14.9. The molecule has 3 aromatic rings. The lowest BCUT2D eigenvalue weighted by Crippen LogP contribution is -2.13. The number of esters is 1. The highest BCUT2D eigenvalue weighted by Crippen LogP contribution is 2.37. The van der Waals surface area contributed by atoms with E-state index in [-0.39, 0.29) is 23.1 Å². The van der Waals surface area contributed by atoms with Crippen LogP contribution in [0.4, 0.5) is 4.39 Å². The third-order valence-electron chi connectivity index (χ3n) is 6.39. The van der Waals surface area contributed by atoms with Crippen LogP contribution in [-0.4, -0.2) is 20.2 Å². The number of hydrogen-bond acceptors (Lipinski definition) is 4. The van der Waals surface area contributed by atoms with E-state index in [0.717, 1.165) is 40.8 Å². The van der Waals surface area contributed by atoms with Crippen LogP contribution >= 0.6 is 0 Å². The van der Waals surface area contributed by atoms with E-state index in [0.29, 0.717) is 24.3 Å². The molecule has 1 atom stereocenters. The molecule has 4 nitrogen and oxygen atoms in total. The molecular formula is C31H37FO4. The topological polar surface area (TPSA) is 44.8 Å². The molecule has 5 heteroatoms. The molecule has 0 spiro atoms. The summed E-state index contributed by atoms with van der Waals surface area (Å²) in [5.74, 6) is 0.990. The number of ether oxygens (including phenoxy) is 3. The Labute approximate surface area is 214 Å². The second-order valence-corrected chi connectivity index (χ2v) is 10.1. The first-order valence-corrected chi connectivity index (χ1v) is 12.4. The zero-order chi connectivity index (χ0) is 26.3. The Hall–Kier alpha value is -3.34. The Balaban J connectivity index is 1.82. The van der Waals surface area contributed by atoms with Gasteiger partial charge >= 0.3 is 5.97 Å². The van der Waals surface area contributed by atoms with Crippen LogP contribution < -0.4 is 9.47 Å². The quantitative estimate of drug-likeness (QED) is 0.271. The fraction of sp³-hybridized carbons (Fsp3) is 0.387. The van der Waals surface area contributed by atoms with Crippen molar-refractivity contribution in [1.29, 1.82) is 0 Å². The van der Waals surface area contributed by atoms with Crippen LogP contribution in [0.25, 0.3) is 11.1 Å². The summed E-state index contributed by atoms with van der Waals surface area (Å²) in [5, 5.41) is 0. The van der Waals surface area contributed by atoms with Crippen LogP contribution in [-0.2, 0) is 21.6 Å². The summed E-state index contributed by atoms with van der Waals surface area (Å²) in [4.78, 5) is 11.8. The Bertz CT molecular complexity index is 1160. The van der Waals surface area contributed by atoms with Crippen molar-refractivity contribution in [2.24, 2.45) is 0 Å². The standard InChI is InChI=1S/C31H37FO4/c1-7-8-23(18-30(33)35-6)22-10-12-24(13-11-22)36-20-21-9-15-28(31(2,3)4)26(17-21)27-19-25(34-5)14-16-29(27)32/h9-17,19,23H,7-8,18,20H2,1-6H3. The number of halogens is 1. The zero-order valence-corrected chi connectivity index (χ0v) is 22.2. The van der Waals surface area contributed by atoms with E-state index in [1.807, 2.05) is 36.4 Å². The lowest BCUT2D eigenvalue weighted by molar-refractivity contribution is -0.141. The summed E-state index contributed by atoms with van der Waals surface area (Å²) in [5.41, 5.74) is 4.27. The van der Waals surface area contributed by atoms with Crippen molar-refractivity contribution < 1.29 is 23.4 Å². The Kier molecular flexibility index (Phi) is 9.14. The number of hydrogen-bond donors (Lipinski definition) is 0. The van der Waals surface area contributed by atoms with Gasteiger partial charge in [-0.05, 0) is 76.4 Å². The molecule has 0 aromatic heterocycles. The molecule has 192 valence electrons. The first-order valence-electron chi connectivity index (χ1n) is 12.4. The molecule has 36 heavy (non-hydrogen) atoms. The third-order valence-corrected chi connectivity index (χ3v) is 6.39. The molecule has 0 saturated carbocycles. The van der Waals surface area contributed by atoms with Gasteiger partial charge in [0.15, 0.2) is 0 Å². The van der Waals surface area contributed by atoms with Crippen LogP contribution in [0.3, 0.4) is 0 Å². The number of benzene rings is 3. The van der Waals surface area contributed by atoms with Gasteiger partial charge < -0.3 is 14.2 Å². The molecule has 0 bridgehead atoms. The molecule has 0 aliphatic carbocycles. The second-order valence-electron chi connectivity index (χ2n) is 10.1. The minimum atomic E-state index is -0.288. The number of methoxy groups -OCH3 is 2. The molecule has 0 radical (unpaired) electrons. The van der Waals surface area contributed by atoms with Gasteiger partial charge in [-0.3, -0.25) is 4.79 Å². The van der Waals surface area contributed by atoms with Gasteiger partial charge in [-0.25, -0.2) is 4.39 Å². The monoisotopic (exact) mass is 492 g/mol. The lowest BCUT2D eigenvalue weighted by atomic mass is 9.81. The Morgan fingerprint density at radius 1 is 0.917 bits per heavy atom. The number of carbonyl (C=O) groups is 1. The van der Waals surface area contributed by atoms with Crippen molar-refractivity contribution in [3.05, 3.63) is 83.2 Å². The maximum Gasteiger partial charge on any atom is 0.306 e. The van der Waals surface area contributed by atoms with Crippen molar-refractivity contribution in [1.82, 2.24) is 0 Å². The van der Waals surface area contributed by atoms with Crippen molar-refractivity contribution in [3.8, 4) is 22.6 Å². The molecular weight excluding hydrogens is 455 g/mol. The van der Waals surface area contributed by atoms with Gasteiger partial charge in [-0.2, -0.15) is 0 Å². The predicted octanol–water partition coefficient (Wildman–Crippen LogP) is 7.82. The third kappa shape index (κ3) is 6.87. The van der Waals surface area contributed by atoms with E-state index in [4.69, 9.17) is 14.2 Å². The average molecular weight is 493 g/mol. The SMILES string of the molecule is CCCC(CC(=O)OC)c1ccc(OCc2ccc(C(C)(C)C)c(-c3cc(OC)ccc3F)c2)cc1. The van der Waals surface area contributed by atoms with Crippen LogP contribution in [0, 0.1) is 5.82 Å². The first-order chi connectivity index (χ1) is 17.2. The molecule has 3 rings (SSSR count). The van der Waals surface area contributed by atoms with Crippen molar-refractivity contribution in [2.45, 2.75) is 64.9 Å². The van der Waals surface area contributed by atoms with Gasteiger partial charge in [0.1, 0.15) is 23.9 Å². The molecule has 0 amide bonds. The molecule has 0 aliphatic rings. The molecule has 0 aliphatic heterocycles. The van der Waals surface area contributed by atoms with Gasteiger partial charge in [0, 0.05) is 5.56 Å². The van der Waals surface area contributed by atoms with Gasteiger partial charge in [0.2, 0.25) is 0 Å². The molecule has 0 heterocycles. The summed E-state index contributed by atoms with van der Waals surface area (Å²) in [6.07, 6.45) is 2.27. The van der Waals surface area contributed by atoms with Gasteiger partial charge in [0.25, 0.3) is 0 Å². The highest BCUT2D eigenvalue weighted by Gasteiger charge is 2.21. The summed E-state index contributed by atoms with van der Waals surface area (Å²) in [6, 6.07) is 18.8. The van der Waals surface area contributed by atoms with Crippen molar-refractivity contribution in [3.63, 3.8) is 0 Å². The van der Waals surface area contributed by atoms with Gasteiger partial charge in [-0.1, -0.05) is 58.4 Å². The zero-order valence-electron chi connectivity index (χ0n) is 22.2. The van der Waals surface area contributed by atoms with E-state index in [9.17, 15) is 9.18 Å². The number of rotatable bonds is 10. The van der Waals surface area contributed by atoms with Crippen molar-refractivity contribution >= 4 is 5.97 Å². The van der Waals surface area contributed by atoms with E-state index in [1.54, 1.807) is 19.2 Å². The summed E-state index contributed by atoms with van der Waals surface area (Å²) in [6.45, 7) is 8.82. The summed E-state index contributed by atoms with van der Waals surface area (Å²) in [7, 11) is 3.00. The van der Waals surface area contributed by atoms with E-state index in [1.165, 1.54) is 13.2 Å². The van der Waals surface area contributed by atoms with Crippen LogP contribution in [0.2, 0.25) is 0 Å². The highest BCUT2D eigenvalue weighted by atomic mass is 19.1. The largest absolute Gasteiger partial charge is 0.497 e. The van der Waals surface area contributed by atoms with Crippen LogP contribution in [0.5, 0.6) is 11.5 Å². The molecule has 3 aromatic carbocycles. The molecule has 0 saturated heterocycles. The molecule has 0 fully saturated rings. The lowest BCUT2D eigenvalue weighted by Gasteiger charge is -2.24. The van der Waals surface area contributed by atoms with Crippen LogP contribution in [0.1, 0.15) is 69.6 Å². The normalized spacial score (nSPS) is 12.2. The minimum absolute atomic E-state index is 0.127. The van der Waals surface area contributed by atoms with E-state index >= 15 is 0 Å². The van der Waals surface area contributed by atoms with Gasteiger partial charge in [0.05, 0.1) is 20.6 Å².